The molecule has 0 bridgehead atoms. The third-order valence-corrected chi connectivity index (χ3v) is 4.66. The molecular formula is C18H18ClN3O3. The maximum atomic E-state index is 12.6. The van der Waals surface area contributed by atoms with Gasteiger partial charge in [-0.1, -0.05) is 29.8 Å². The number of hydrogen-bond acceptors (Lipinski definition) is 4. The number of amides is 1. The van der Waals surface area contributed by atoms with E-state index in [1.54, 1.807) is 11.0 Å². The van der Waals surface area contributed by atoms with Crippen LogP contribution in [0.1, 0.15) is 24.1 Å². The fraction of sp³-hybridized carbons (Fsp3) is 0.278. The lowest BCUT2D eigenvalue weighted by Gasteiger charge is -2.20. The molecule has 7 heteroatoms. The second-order valence-electron chi connectivity index (χ2n) is 6.02. The molecule has 3 rings (SSSR count). The van der Waals surface area contributed by atoms with E-state index in [2.05, 4.69) is 5.32 Å². The summed E-state index contributed by atoms with van der Waals surface area (Å²) in [7, 11) is 0. The van der Waals surface area contributed by atoms with E-state index in [9.17, 15) is 14.9 Å². The van der Waals surface area contributed by atoms with Crippen molar-refractivity contribution >= 4 is 28.9 Å². The summed E-state index contributed by atoms with van der Waals surface area (Å²) in [5.74, 6) is -0.0972. The van der Waals surface area contributed by atoms with Gasteiger partial charge in [0.1, 0.15) is 0 Å². The van der Waals surface area contributed by atoms with E-state index in [0.717, 1.165) is 11.1 Å². The van der Waals surface area contributed by atoms with Gasteiger partial charge in [-0.2, -0.15) is 0 Å². The molecule has 0 saturated heterocycles. The molecule has 1 atom stereocenters. The van der Waals surface area contributed by atoms with Crippen LogP contribution in [0.25, 0.3) is 0 Å². The number of non-ortho nitro benzene ring substituents is 1. The summed E-state index contributed by atoms with van der Waals surface area (Å²) in [6, 6.07) is 12.1. The van der Waals surface area contributed by atoms with Crippen molar-refractivity contribution in [2.45, 2.75) is 19.4 Å². The highest BCUT2D eigenvalue weighted by Gasteiger charge is 2.26. The van der Waals surface area contributed by atoms with Crippen LogP contribution in [0.15, 0.2) is 42.5 Å². The summed E-state index contributed by atoms with van der Waals surface area (Å²) < 4.78 is 0. The first kappa shape index (κ1) is 17.4. The Kier molecular flexibility index (Phi) is 5.01. The largest absolute Gasteiger partial charge is 0.310 e. The highest BCUT2D eigenvalue weighted by molar-refractivity contribution is 6.30. The number of benzene rings is 2. The molecule has 130 valence electrons. The average molecular weight is 360 g/mol. The molecule has 1 heterocycles. The lowest BCUT2D eigenvalue weighted by atomic mass is 10.1. The van der Waals surface area contributed by atoms with Gasteiger partial charge < -0.3 is 10.2 Å². The van der Waals surface area contributed by atoms with Crippen LogP contribution in [-0.2, 0) is 11.2 Å². The van der Waals surface area contributed by atoms with Crippen LogP contribution in [0.3, 0.4) is 0 Å². The van der Waals surface area contributed by atoms with Gasteiger partial charge in [0.15, 0.2) is 0 Å². The van der Waals surface area contributed by atoms with Crippen molar-refractivity contribution in [2.75, 3.05) is 18.0 Å². The maximum Gasteiger partial charge on any atom is 0.271 e. The fourth-order valence-electron chi connectivity index (χ4n) is 2.95. The van der Waals surface area contributed by atoms with Crippen LogP contribution in [0.4, 0.5) is 11.4 Å². The first-order valence-electron chi connectivity index (χ1n) is 8.02. The van der Waals surface area contributed by atoms with Crippen molar-refractivity contribution in [3.63, 3.8) is 0 Å². The van der Waals surface area contributed by atoms with Gasteiger partial charge in [0.2, 0.25) is 5.91 Å². The second kappa shape index (κ2) is 7.21. The van der Waals surface area contributed by atoms with Crippen LogP contribution in [0.5, 0.6) is 0 Å². The number of anilines is 1. The number of nitrogens with one attached hydrogen (secondary N) is 1. The summed E-state index contributed by atoms with van der Waals surface area (Å²) >= 11 is 5.88. The molecule has 1 unspecified atom stereocenters. The minimum Gasteiger partial charge on any atom is -0.310 e. The highest BCUT2D eigenvalue weighted by Crippen LogP contribution is 2.31. The van der Waals surface area contributed by atoms with E-state index >= 15 is 0 Å². The normalized spacial score (nSPS) is 14.2. The van der Waals surface area contributed by atoms with Crippen molar-refractivity contribution in [3.8, 4) is 0 Å². The molecule has 1 N–H and O–H groups in total. The number of rotatable bonds is 5. The Morgan fingerprint density at radius 3 is 2.72 bits per heavy atom. The van der Waals surface area contributed by atoms with Crippen LogP contribution in [-0.4, -0.2) is 23.9 Å². The summed E-state index contributed by atoms with van der Waals surface area (Å²) in [5.41, 5.74) is 2.64. The maximum absolute atomic E-state index is 12.6. The molecule has 0 radical (unpaired) electrons. The van der Waals surface area contributed by atoms with Crippen molar-refractivity contribution < 1.29 is 9.72 Å². The zero-order valence-corrected chi connectivity index (χ0v) is 14.5. The van der Waals surface area contributed by atoms with Gasteiger partial charge in [-0.15, -0.1) is 0 Å². The number of nitro groups is 1. The van der Waals surface area contributed by atoms with E-state index in [4.69, 9.17) is 11.6 Å². The molecule has 2 aromatic carbocycles. The Hall–Kier alpha value is -2.44. The number of carbonyl (C=O) groups excluding carboxylic acids is 1. The molecule has 0 spiro atoms. The Morgan fingerprint density at radius 2 is 2.04 bits per heavy atom. The van der Waals surface area contributed by atoms with Crippen molar-refractivity contribution in [1.29, 1.82) is 0 Å². The molecule has 2 aromatic rings. The molecular weight excluding hydrogens is 342 g/mol. The Morgan fingerprint density at radius 1 is 1.32 bits per heavy atom. The third kappa shape index (κ3) is 3.81. The number of hydrogen-bond donors (Lipinski definition) is 1. The third-order valence-electron chi connectivity index (χ3n) is 4.41. The number of nitro benzene ring substituents is 1. The van der Waals surface area contributed by atoms with E-state index in [0.29, 0.717) is 23.7 Å². The summed E-state index contributed by atoms with van der Waals surface area (Å²) in [6.45, 7) is 2.68. The molecule has 1 amide bonds. The number of halogens is 1. The number of nitrogens with zero attached hydrogens (tertiary/aromatic N) is 2. The van der Waals surface area contributed by atoms with Gasteiger partial charge in [0.05, 0.1) is 17.2 Å². The van der Waals surface area contributed by atoms with Crippen LogP contribution < -0.4 is 10.2 Å². The van der Waals surface area contributed by atoms with Crippen LogP contribution in [0, 0.1) is 10.1 Å². The van der Waals surface area contributed by atoms with Crippen molar-refractivity contribution in [2.24, 2.45) is 0 Å². The molecule has 0 fully saturated rings. The minimum absolute atomic E-state index is 0.000872. The molecule has 0 aromatic heterocycles. The number of fused-ring (bicyclic) bond motifs is 1. The smallest absolute Gasteiger partial charge is 0.271 e. The van der Waals surface area contributed by atoms with Crippen LogP contribution >= 0.6 is 11.6 Å². The molecule has 0 aliphatic carbocycles. The fourth-order valence-corrected chi connectivity index (χ4v) is 3.07. The van der Waals surface area contributed by atoms with Crippen molar-refractivity contribution in [3.05, 3.63) is 68.7 Å². The summed E-state index contributed by atoms with van der Waals surface area (Å²) in [6.07, 6.45) is 0.714. The SMILES string of the molecule is CC(NCC(=O)N1CCc2ccc([N+](=O)[O-])cc21)c1ccc(Cl)cc1. The van der Waals surface area contributed by atoms with Gasteiger partial charge in [0.25, 0.3) is 5.69 Å². The van der Waals surface area contributed by atoms with Gasteiger partial charge in [-0.25, -0.2) is 0 Å². The Balaban J connectivity index is 1.66. The standard InChI is InChI=1S/C18H18ClN3O3/c1-12(13-2-5-15(19)6-3-13)20-11-18(23)21-9-8-14-4-7-16(22(24)25)10-17(14)21/h2-7,10,12,20H,8-9,11H2,1H3. The van der Waals surface area contributed by atoms with Gasteiger partial charge in [-0.3, -0.25) is 14.9 Å². The Labute approximate surface area is 150 Å². The molecule has 6 nitrogen and oxygen atoms in total. The first-order chi connectivity index (χ1) is 12.0. The summed E-state index contributed by atoms with van der Waals surface area (Å²) in [5, 5.41) is 14.8. The molecule has 0 saturated carbocycles. The topological polar surface area (TPSA) is 75.5 Å². The van der Waals surface area contributed by atoms with E-state index in [1.165, 1.54) is 12.1 Å². The van der Waals surface area contributed by atoms with Crippen molar-refractivity contribution in [1.82, 2.24) is 5.32 Å². The quantitative estimate of drug-likeness (QED) is 0.655. The molecule has 25 heavy (non-hydrogen) atoms. The predicted octanol–water partition coefficient (Wildman–Crippen LogP) is 3.49. The van der Waals surface area contributed by atoms with E-state index < -0.39 is 4.92 Å². The minimum atomic E-state index is -0.442. The van der Waals surface area contributed by atoms with Gasteiger partial charge in [0, 0.05) is 29.7 Å². The lowest BCUT2D eigenvalue weighted by molar-refractivity contribution is -0.384. The summed E-state index contributed by atoms with van der Waals surface area (Å²) in [4.78, 5) is 24.7. The molecule has 1 aliphatic rings. The predicted molar refractivity (Wildman–Crippen MR) is 97.0 cm³/mol. The molecule has 1 aliphatic heterocycles. The second-order valence-corrected chi connectivity index (χ2v) is 6.46. The number of carbonyl (C=O) groups is 1. The monoisotopic (exact) mass is 359 g/mol. The van der Waals surface area contributed by atoms with E-state index in [-0.39, 0.29) is 24.2 Å². The first-order valence-corrected chi connectivity index (χ1v) is 8.40. The van der Waals surface area contributed by atoms with Crippen LogP contribution in [0.2, 0.25) is 5.02 Å². The lowest BCUT2D eigenvalue weighted by Crippen LogP contribution is -2.38. The van der Waals surface area contributed by atoms with E-state index in [1.807, 2.05) is 31.2 Å². The average Bonchev–Trinajstić information content (AvgIpc) is 3.03. The zero-order chi connectivity index (χ0) is 18.0. The van der Waals surface area contributed by atoms with Gasteiger partial charge in [-0.05, 0) is 36.6 Å². The highest BCUT2D eigenvalue weighted by atomic mass is 35.5. The van der Waals surface area contributed by atoms with Gasteiger partial charge >= 0.3 is 0 Å². The Bertz CT molecular complexity index is 808. The zero-order valence-electron chi connectivity index (χ0n) is 13.7.